The van der Waals surface area contributed by atoms with Crippen LogP contribution in [0, 0.1) is 0 Å². The molecular formula is C8H17NO3S. The van der Waals surface area contributed by atoms with Crippen molar-refractivity contribution in [1.29, 1.82) is 0 Å². The first-order chi connectivity index (χ1) is 5.99. The summed E-state index contributed by atoms with van der Waals surface area (Å²) in [5.41, 5.74) is 0. The van der Waals surface area contributed by atoms with E-state index in [1.165, 1.54) is 12.8 Å². The lowest BCUT2D eigenvalue weighted by molar-refractivity contribution is 0.209. The first kappa shape index (κ1) is 10.9. The minimum absolute atomic E-state index is 0.281. The Morgan fingerprint density at radius 2 is 2.23 bits per heavy atom. The monoisotopic (exact) mass is 207 g/mol. The standard InChI is InChI=1S/C8H17NO3S/c1-8-4-3-5-9(8)6-7-12-13(2,10)11/h8H,3-7H2,1-2H3. The van der Waals surface area contributed by atoms with Crippen LogP contribution in [0.5, 0.6) is 0 Å². The molecule has 0 aromatic rings. The van der Waals surface area contributed by atoms with Crippen molar-refractivity contribution in [2.45, 2.75) is 25.8 Å². The van der Waals surface area contributed by atoms with Gasteiger partial charge in [0.15, 0.2) is 0 Å². The van der Waals surface area contributed by atoms with Gasteiger partial charge in [0, 0.05) is 12.6 Å². The number of nitrogens with zero attached hydrogens (tertiary/aromatic N) is 1. The van der Waals surface area contributed by atoms with Crippen molar-refractivity contribution in [3.8, 4) is 0 Å². The van der Waals surface area contributed by atoms with E-state index in [0.29, 0.717) is 12.6 Å². The van der Waals surface area contributed by atoms with Crippen molar-refractivity contribution in [3.63, 3.8) is 0 Å². The highest BCUT2D eigenvalue weighted by atomic mass is 32.2. The number of hydrogen-bond donors (Lipinski definition) is 0. The van der Waals surface area contributed by atoms with Gasteiger partial charge in [0.25, 0.3) is 10.1 Å². The van der Waals surface area contributed by atoms with Crippen molar-refractivity contribution in [1.82, 2.24) is 4.90 Å². The van der Waals surface area contributed by atoms with Gasteiger partial charge in [0.05, 0.1) is 12.9 Å². The van der Waals surface area contributed by atoms with Gasteiger partial charge in [-0.2, -0.15) is 8.42 Å². The summed E-state index contributed by atoms with van der Waals surface area (Å²) < 4.78 is 26.0. The first-order valence-electron chi connectivity index (χ1n) is 4.57. The van der Waals surface area contributed by atoms with Crippen LogP contribution in [0.2, 0.25) is 0 Å². The van der Waals surface area contributed by atoms with Crippen LogP contribution >= 0.6 is 0 Å². The molecule has 13 heavy (non-hydrogen) atoms. The Morgan fingerprint density at radius 3 is 2.69 bits per heavy atom. The van der Waals surface area contributed by atoms with Crippen LogP contribution in [0.4, 0.5) is 0 Å². The Balaban J connectivity index is 2.19. The molecule has 1 saturated heterocycles. The van der Waals surface area contributed by atoms with Gasteiger partial charge in [-0.15, -0.1) is 0 Å². The van der Waals surface area contributed by atoms with E-state index in [-0.39, 0.29) is 6.61 Å². The van der Waals surface area contributed by atoms with Crippen LogP contribution in [-0.2, 0) is 14.3 Å². The lowest BCUT2D eigenvalue weighted by Crippen LogP contribution is -2.30. The van der Waals surface area contributed by atoms with Gasteiger partial charge in [0.2, 0.25) is 0 Å². The van der Waals surface area contributed by atoms with Gasteiger partial charge >= 0.3 is 0 Å². The van der Waals surface area contributed by atoms with E-state index < -0.39 is 10.1 Å². The van der Waals surface area contributed by atoms with Gasteiger partial charge in [0.1, 0.15) is 0 Å². The molecule has 1 rings (SSSR count). The first-order valence-corrected chi connectivity index (χ1v) is 6.39. The smallest absolute Gasteiger partial charge is 0.264 e. The molecule has 0 radical (unpaired) electrons. The molecule has 0 aromatic heterocycles. The highest BCUT2D eigenvalue weighted by Crippen LogP contribution is 2.15. The quantitative estimate of drug-likeness (QED) is 0.628. The highest BCUT2D eigenvalue weighted by molar-refractivity contribution is 7.85. The average Bonchev–Trinajstić information content (AvgIpc) is 2.34. The molecule has 1 aliphatic heterocycles. The molecule has 1 heterocycles. The topological polar surface area (TPSA) is 46.6 Å². The molecule has 4 nitrogen and oxygen atoms in total. The molecule has 0 aliphatic carbocycles. The summed E-state index contributed by atoms with van der Waals surface area (Å²) in [6, 6.07) is 0.572. The maximum absolute atomic E-state index is 10.6. The summed E-state index contributed by atoms with van der Waals surface area (Å²) in [6.45, 7) is 4.22. The van der Waals surface area contributed by atoms with Crippen molar-refractivity contribution in [2.75, 3.05) is 26.0 Å². The summed E-state index contributed by atoms with van der Waals surface area (Å²) in [7, 11) is -3.26. The van der Waals surface area contributed by atoms with Gasteiger partial charge in [-0.05, 0) is 26.3 Å². The van der Waals surface area contributed by atoms with Crippen LogP contribution < -0.4 is 0 Å². The second-order valence-electron chi connectivity index (χ2n) is 3.55. The molecule has 0 N–H and O–H groups in total. The molecule has 1 atom stereocenters. The molecule has 0 spiro atoms. The molecule has 1 fully saturated rings. The number of likely N-dealkylation sites (tertiary alicyclic amines) is 1. The summed E-state index contributed by atoms with van der Waals surface area (Å²) >= 11 is 0. The Kier molecular flexibility index (Phi) is 3.70. The fraction of sp³-hybridized carbons (Fsp3) is 1.00. The summed E-state index contributed by atoms with van der Waals surface area (Å²) in [5.74, 6) is 0. The third-order valence-electron chi connectivity index (χ3n) is 2.37. The molecule has 78 valence electrons. The molecule has 1 unspecified atom stereocenters. The summed E-state index contributed by atoms with van der Waals surface area (Å²) in [5, 5.41) is 0. The van der Waals surface area contributed by atoms with Crippen molar-refractivity contribution < 1.29 is 12.6 Å². The lowest BCUT2D eigenvalue weighted by atomic mass is 10.2. The zero-order valence-corrected chi connectivity index (χ0v) is 9.01. The van der Waals surface area contributed by atoms with Crippen LogP contribution in [-0.4, -0.2) is 45.3 Å². The summed E-state index contributed by atoms with van der Waals surface area (Å²) in [4.78, 5) is 2.26. The van der Waals surface area contributed by atoms with Crippen LogP contribution in [0.15, 0.2) is 0 Å². The molecule has 0 aromatic carbocycles. The Hall–Kier alpha value is -0.130. The van der Waals surface area contributed by atoms with E-state index in [1.54, 1.807) is 0 Å². The van der Waals surface area contributed by atoms with Crippen LogP contribution in [0.1, 0.15) is 19.8 Å². The zero-order chi connectivity index (χ0) is 9.90. The number of hydrogen-bond acceptors (Lipinski definition) is 4. The van der Waals surface area contributed by atoms with Gasteiger partial charge in [-0.25, -0.2) is 0 Å². The fourth-order valence-corrected chi connectivity index (χ4v) is 2.01. The van der Waals surface area contributed by atoms with Gasteiger partial charge in [-0.1, -0.05) is 0 Å². The minimum atomic E-state index is -3.26. The molecule has 0 saturated carbocycles. The maximum Gasteiger partial charge on any atom is 0.264 e. The predicted octanol–water partition coefficient (Wildman–Crippen LogP) is 0.447. The Bertz CT molecular complexity index is 250. The van der Waals surface area contributed by atoms with Crippen molar-refractivity contribution in [2.24, 2.45) is 0 Å². The van der Waals surface area contributed by atoms with E-state index >= 15 is 0 Å². The third kappa shape index (κ3) is 4.06. The van der Waals surface area contributed by atoms with E-state index in [0.717, 1.165) is 12.8 Å². The Labute approximate surface area is 80.0 Å². The summed E-state index contributed by atoms with van der Waals surface area (Å²) in [6.07, 6.45) is 3.50. The third-order valence-corrected chi connectivity index (χ3v) is 2.96. The minimum Gasteiger partial charge on any atom is -0.298 e. The van der Waals surface area contributed by atoms with Crippen LogP contribution in [0.3, 0.4) is 0 Å². The van der Waals surface area contributed by atoms with Crippen molar-refractivity contribution in [3.05, 3.63) is 0 Å². The molecular weight excluding hydrogens is 190 g/mol. The largest absolute Gasteiger partial charge is 0.298 e. The van der Waals surface area contributed by atoms with Gasteiger partial charge in [-0.3, -0.25) is 9.08 Å². The Morgan fingerprint density at radius 1 is 1.54 bits per heavy atom. The zero-order valence-electron chi connectivity index (χ0n) is 8.19. The van der Waals surface area contributed by atoms with E-state index in [4.69, 9.17) is 0 Å². The second-order valence-corrected chi connectivity index (χ2v) is 5.20. The van der Waals surface area contributed by atoms with E-state index in [2.05, 4.69) is 16.0 Å². The SMILES string of the molecule is CC1CCCN1CCOS(C)(=O)=O. The molecule has 5 heteroatoms. The average molecular weight is 207 g/mol. The molecule has 1 aliphatic rings. The molecule has 0 amide bonds. The number of rotatable bonds is 4. The predicted molar refractivity (Wildman–Crippen MR) is 51.1 cm³/mol. The highest BCUT2D eigenvalue weighted by Gasteiger charge is 2.19. The van der Waals surface area contributed by atoms with E-state index in [9.17, 15) is 8.42 Å². The van der Waals surface area contributed by atoms with Gasteiger partial charge < -0.3 is 0 Å². The molecule has 0 bridgehead atoms. The second kappa shape index (κ2) is 4.39. The fourth-order valence-electron chi connectivity index (χ4n) is 1.63. The maximum atomic E-state index is 10.6. The lowest BCUT2D eigenvalue weighted by Gasteiger charge is -2.19. The van der Waals surface area contributed by atoms with E-state index in [1.807, 2.05) is 0 Å². The van der Waals surface area contributed by atoms with Crippen LogP contribution in [0.25, 0.3) is 0 Å². The van der Waals surface area contributed by atoms with Crippen molar-refractivity contribution >= 4 is 10.1 Å². The normalized spacial score (nSPS) is 25.2.